The van der Waals surface area contributed by atoms with E-state index in [2.05, 4.69) is 15.2 Å². The topological polar surface area (TPSA) is 87.8 Å². The SMILES string of the molecule is Cl.Cl.NC[C@H](O)c1ncn[nH]1. The summed E-state index contributed by atoms with van der Waals surface area (Å²) in [6.07, 6.45) is 0.612. The molecule has 66 valence electrons. The quantitative estimate of drug-likeness (QED) is 0.609. The molecule has 0 spiro atoms. The van der Waals surface area contributed by atoms with Gasteiger partial charge in [-0.2, -0.15) is 5.10 Å². The monoisotopic (exact) mass is 200 g/mol. The van der Waals surface area contributed by atoms with E-state index in [0.29, 0.717) is 5.82 Å². The molecule has 1 aromatic heterocycles. The van der Waals surface area contributed by atoms with Gasteiger partial charge in [-0.25, -0.2) is 4.98 Å². The van der Waals surface area contributed by atoms with Gasteiger partial charge in [0, 0.05) is 6.54 Å². The number of halogens is 2. The lowest BCUT2D eigenvalue weighted by Crippen LogP contribution is -2.12. The van der Waals surface area contributed by atoms with E-state index in [1.807, 2.05) is 0 Å². The number of aliphatic hydroxyl groups is 1. The van der Waals surface area contributed by atoms with Gasteiger partial charge in [0.2, 0.25) is 0 Å². The van der Waals surface area contributed by atoms with Crippen LogP contribution in [0.25, 0.3) is 0 Å². The van der Waals surface area contributed by atoms with Crippen LogP contribution >= 0.6 is 24.8 Å². The Morgan fingerprint density at radius 1 is 1.64 bits per heavy atom. The lowest BCUT2D eigenvalue weighted by atomic mass is 10.3. The zero-order valence-electron chi connectivity index (χ0n) is 5.60. The lowest BCUT2D eigenvalue weighted by molar-refractivity contribution is 0.177. The molecule has 5 nitrogen and oxygen atoms in total. The van der Waals surface area contributed by atoms with Crippen LogP contribution in [0, 0.1) is 0 Å². The Kier molecular flexibility index (Phi) is 7.65. The van der Waals surface area contributed by atoms with Crippen LogP contribution in [0.5, 0.6) is 0 Å². The van der Waals surface area contributed by atoms with Gasteiger partial charge < -0.3 is 10.8 Å². The number of nitrogens with zero attached hydrogens (tertiary/aromatic N) is 2. The van der Waals surface area contributed by atoms with E-state index >= 15 is 0 Å². The molecule has 0 aliphatic carbocycles. The molecule has 0 bridgehead atoms. The molecule has 0 saturated heterocycles. The highest BCUT2D eigenvalue weighted by Crippen LogP contribution is 2.00. The third-order valence-corrected chi connectivity index (χ3v) is 0.973. The Balaban J connectivity index is 0. The number of rotatable bonds is 2. The summed E-state index contributed by atoms with van der Waals surface area (Å²) in [4.78, 5) is 3.69. The molecule has 1 heterocycles. The van der Waals surface area contributed by atoms with Crippen molar-refractivity contribution in [3.8, 4) is 0 Å². The second-order valence-corrected chi connectivity index (χ2v) is 1.62. The van der Waals surface area contributed by atoms with E-state index in [-0.39, 0.29) is 31.4 Å². The van der Waals surface area contributed by atoms with Gasteiger partial charge in [-0.1, -0.05) is 0 Å². The molecule has 0 aromatic carbocycles. The van der Waals surface area contributed by atoms with Crippen molar-refractivity contribution in [2.75, 3.05) is 6.54 Å². The highest BCUT2D eigenvalue weighted by atomic mass is 35.5. The van der Waals surface area contributed by atoms with Crippen molar-refractivity contribution >= 4 is 24.8 Å². The van der Waals surface area contributed by atoms with Crippen LogP contribution in [0.2, 0.25) is 0 Å². The lowest BCUT2D eigenvalue weighted by Gasteiger charge is -1.99. The van der Waals surface area contributed by atoms with Gasteiger partial charge in [-0.05, 0) is 0 Å². The first-order chi connectivity index (χ1) is 4.34. The van der Waals surface area contributed by atoms with E-state index < -0.39 is 6.10 Å². The van der Waals surface area contributed by atoms with Crippen molar-refractivity contribution in [3.05, 3.63) is 12.2 Å². The first-order valence-electron chi connectivity index (χ1n) is 2.58. The van der Waals surface area contributed by atoms with Crippen LogP contribution in [0.3, 0.4) is 0 Å². The maximum Gasteiger partial charge on any atom is 0.154 e. The van der Waals surface area contributed by atoms with E-state index in [1.165, 1.54) is 6.33 Å². The number of hydrogen-bond donors (Lipinski definition) is 3. The van der Waals surface area contributed by atoms with Crippen LogP contribution in [0.4, 0.5) is 0 Å². The summed E-state index contributed by atoms with van der Waals surface area (Å²) in [5, 5.41) is 15.0. The summed E-state index contributed by atoms with van der Waals surface area (Å²) in [6.45, 7) is 0.162. The van der Waals surface area contributed by atoms with Crippen LogP contribution in [0.15, 0.2) is 6.33 Å². The van der Waals surface area contributed by atoms with Crippen LogP contribution in [-0.4, -0.2) is 26.8 Å². The molecule has 0 saturated carbocycles. The number of aliphatic hydroxyl groups excluding tert-OH is 1. The van der Waals surface area contributed by atoms with Crippen LogP contribution in [-0.2, 0) is 0 Å². The Bertz CT molecular complexity index is 169. The second-order valence-electron chi connectivity index (χ2n) is 1.62. The fraction of sp³-hybridized carbons (Fsp3) is 0.500. The number of aromatic nitrogens is 3. The predicted octanol–water partition coefficient (Wildman–Crippen LogP) is -0.360. The summed E-state index contributed by atoms with van der Waals surface area (Å²) >= 11 is 0. The first-order valence-corrected chi connectivity index (χ1v) is 2.58. The molecule has 0 fully saturated rings. The largest absolute Gasteiger partial charge is 0.384 e. The fourth-order valence-corrected chi connectivity index (χ4v) is 0.487. The van der Waals surface area contributed by atoms with Crippen molar-refractivity contribution in [3.63, 3.8) is 0 Å². The molecule has 1 aromatic rings. The van der Waals surface area contributed by atoms with Crippen molar-refractivity contribution in [2.24, 2.45) is 5.73 Å². The molecule has 1 rings (SSSR count). The molecule has 0 aliphatic heterocycles. The normalized spacial score (nSPS) is 11.1. The molecule has 4 N–H and O–H groups in total. The highest BCUT2D eigenvalue weighted by Gasteiger charge is 2.05. The summed E-state index contributed by atoms with van der Waals surface area (Å²) in [7, 11) is 0. The third-order valence-electron chi connectivity index (χ3n) is 0.973. The standard InChI is InChI=1S/C4H8N4O.2ClH/c5-1-3(9)4-6-2-7-8-4;;/h2-3,9H,1,5H2,(H,6,7,8);2*1H/t3-;;/m0../s1. The first kappa shape index (κ1) is 13.2. The number of hydrogen-bond acceptors (Lipinski definition) is 4. The fourth-order valence-electron chi connectivity index (χ4n) is 0.487. The Hall–Kier alpha value is -0.360. The van der Waals surface area contributed by atoms with Crippen molar-refractivity contribution in [2.45, 2.75) is 6.10 Å². The minimum atomic E-state index is -0.715. The van der Waals surface area contributed by atoms with E-state index in [0.717, 1.165) is 0 Å². The zero-order chi connectivity index (χ0) is 6.69. The number of aromatic amines is 1. The number of H-pyrrole nitrogens is 1. The van der Waals surface area contributed by atoms with Crippen LogP contribution in [0.1, 0.15) is 11.9 Å². The highest BCUT2D eigenvalue weighted by molar-refractivity contribution is 5.85. The average molecular weight is 201 g/mol. The van der Waals surface area contributed by atoms with E-state index in [4.69, 9.17) is 10.8 Å². The van der Waals surface area contributed by atoms with Gasteiger partial charge in [-0.3, -0.25) is 5.10 Å². The van der Waals surface area contributed by atoms with Crippen molar-refractivity contribution in [1.82, 2.24) is 15.2 Å². The van der Waals surface area contributed by atoms with E-state index in [1.54, 1.807) is 0 Å². The molecular weight excluding hydrogens is 191 g/mol. The predicted molar refractivity (Wildman–Crippen MR) is 44.9 cm³/mol. The number of nitrogens with two attached hydrogens (primary N) is 1. The Morgan fingerprint density at radius 3 is 2.64 bits per heavy atom. The minimum absolute atomic E-state index is 0. The van der Waals surface area contributed by atoms with Gasteiger partial charge in [0.05, 0.1) is 0 Å². The number of nitrogens with one attached hydrogen (secondary N) is 1. The Labute approximate surface area is 76.2 Å². The molecule has 0 amide bonds. The maximum atomic E-state index is 8.96. The maximum absolute atomic E-state index is 8.96. The minimum Gasteiger partial charge on any atom is -0.384 e. The third kappa shape index (κ3) is 3.52. The van der Waals surface area contributed by atoms with Gasteiger partial charge in [-0.15, -0.1) is 24.8 Å². The summed E-state index contributed by atoms with van der Waals surface area (Å²) in [6, 6.07) is 0. The van der Waals surface area contributed by atoms with Gasteiger partial charge in [0.15, 0.2) is 5.82 Å². The molecule has 0 radical (unpaired) electrons. The average Bonchev–Trinajstić information content (AvgIpc) is 2.37. The molecule has 0 aliphatic rings. The second kappa shape index (κ2) is 6.36. The van der Waals surface area contributed by atoms with Gasteiger partial charge >= 0.3 is 0 Å². The summed E-state index contributed by atoms with van der Waals surface area (Å²) < 4.78 is 0. The van der Waals surface area contributed by atoms with Gasteiger partial charge in [0.1, 0.15) is 12.4 Å². The van der Waals surface area contributed by atoms with Crippen molar-refractivity contribution in [1.29, 1.82) is 0 Å². The Morgan fingerprint density at radius 2 is 2.27 bits per heavy atom. The smallest absolute Gasteiger partial charge is 0.154 e. The van der Waals surface area contributed by atoms with Gasteiger partial charge in [0.25, 0.3) is 0 Å². The summed E-state index contributed by atoms with van der Waals surface area (Å²) in [5.41, 5.74) is 5.13. The molecule has 0 unspecified atom stereocenters. The molecule has 11 heavy (non-hydrogen) atoms. The molecule has 1 atom stereocenters. The zero-order valence-corrected chi connectivity index (χ0v) is 7.23. The molecular formula is C4H10Cl2N4O. The van der Waals surface area contributed by atoms with Crippen molar-refractivity contribution < 1.29 is 5.11 Å². The molecule has 7 heteroatoms. The van der Waals surface area contributed by atoms with Crippen LogP contribution < -0.4 is 5.73 Å². The van der Waals surface area contributed by atoms with E-state index in [9.17, 15) is 0 Å². The summed E-state index contributed by atoms with van der Waals surface area (Å²) in [5.74, 6) is 0.414.